The van der Waals surface area contributed by atoms with Gasteiger partial charge in [0.15, 0.2) is 5.57 Å². The quantitative estimate of drug-likeness (QED) is 0.211. The number of nitriles is 1. The third kappa shape index (κ3) is 6.45. The summed E-state index contributed by atoms with van der Waals surface area (Å²) in [4.78, 5) is 32.6. The molecular formula is C30H36N4O3S2. The van der Waals surface area contributed by atoms with Crippen LogP contribution in [0.5, 0.6) is 0 Å². The summed E-state index contributed by atoms with van der Waals surface area (Å²) in [6.45, 7) is 13.3. The van der Waals surface area contributed by atoms with E-state index in [1.54, 1.807) is 11.8 Å². The lowest BCUT2D eigenvalue weighted by Gasteiger charge is -2.24. The molecule has 2 aliphatic rings. The minimum atomic E-state index is -0.591. The van der Waals surface area contributed by atoms with Crippen molar-refractivity contribution in [1.29, 1.82) is 5.26 Å². The molecule has 7 nitrogen and oxygen atoms in total. The standard InChI is InChI=1S/C17H24N2OS.C13H12N2O2S/c1-5-12-19-14-10-8-9-11-15(14)21-17(19)13(4)16(20)18(6-2)7-3;1-3-15-10-6-4-5-7-11(10)18-12(15)9(8-14)13(16)17-2/h8-11H,5-7,12H2,1-4H3;4-7H,3H2,1-2H3/b17-13-;12-9+. The van der Waals surface area contributed by atoms with E-state index in [0.717, 1.165) is 47.2 Å². The maximum absolute atomic E-state index is 12.6. The molecule has 1 amide bonds. The van der Waals surface area contributed by atoms with E-state index in [-0.39, 0.29) is 11.5 Å². The van der Waals surface area contributed by atoms with Gasteiger partial charge < -0.3 is 19.4 Å². The molecule has 2 aliphatic heterocycles. The van der Waals surface area contributed by atoms with Crippen LogP contribution < -0.4 is 9.80 Å². The first-order valence-corrected chi connectivity index (χ1v) is 14.8. The van der Waals surface area contributed by atoms with Crippen molar-refractivity contribution in [3.05, 3.63) is 69.7 Å². The number of thioether (sulfide) groups is 2. The first-order valence-electron chi connectivity index (χ1n) is 13.2. The van der Waals surface area contributed by atoms with Crippen molar-refractivity contribution in [2.45, 2.75) is 50.8 Å². The fourth-order valence-corrected chi connectivity index (χ4v) is 6.80. The lowest BCUT2D eigenvalue weighted by atomic mass is 10.2. The van der Waals surface area contributed by atoms with Crippen molar-refractivity contribution in [3.8, 4) is 6.07 Å². The molecule has 0 saturated heterocycles. The molecule has 206 valence electrons. The van der Waals surface area contributed by atoms with Crippen molar-refractivity contribution in [3.63, 3.8) is 0 Å². The van der Waals surface area contributed by atoms with Gasteiger partial charge in [-0.3, -0.25) is 4.79 Å². The fourth-order valence-electron chi connectivity index (χ4n) is 4.42. The monoisotopic (exact) mass is 564 g/mol. The van der Waals surface area contributed by atoms with Gasteiger partial charge in [0.2, 0.25) is 0 Å². The van der Waals surface area contributed by atoms with Crippen LogP contribution in [0.25, 0.3) is 0 Å². The number of likely N-dealkylation sites (N-methyl/N-ethyl adjacent to an activating group) is 1. The van der Waals surface area contributed by atoms with Gasteiger partial charge in [0.1, 0.15) is 11.1 Å². The van der Waals surface area contributed by atoms with E-state index in [4.69, 9.17) is 5.26 Å². The third-order valence-corrected chi connectivity index (χ3v) is 8.85. The normalized spacial score (nSPS) is 15.9. The minimum Gasteiger partial charge on any atom is -0.465 e. The van der Waals surface area contributed by atoms with Crippen LogP contribution in [-0.4, -0.2) is 50.1 Å². The van der Waals surface area contributed by atoms with Crippen LogP contribution >= 0.6 is 23.5 Å². The molecule has 0 spiro atoms. The van der Waals surface area contributed by atoms with Gasteiger partial charge in [-0.05, 0) is 58.4 Å². The van der Waals surface area contributed by atoms with E-state index in [9.17, 15) is 9.59 Å². The van der Waals surface area contributed by atoms with Crippen LogP contribution in [0.2, 0.25) is 0 Å². The van der Waals surface area contributed by atoms with E-state index in [1.165, 1.54) is 29.5 Å². The number of carbonyl (C=O) groups excluding carboxylic acids is 2. The number of methoxy groups -OCH3 is 1. The van der Waals surface area contributed by atoms with Crippen molar-refractivity contribution >= 4 is 46.8 Å². The molecular weight excluding hydrogens is 528 g/mol. The van der Waals surface area contributed by atoms with Crippen LogP contribution in [0.3, 0.4) is 0 Å². The molecule has 0 aliphatic carbocycles. The summed E-state index contributed by atoms with van der Waals surface area (Å²) in [5.41, 5.74) is 3.16. The average molecular weight is 565 g/mol. The summed E-state index contributed by atoms with van der Waals surface area (Å²) in [5.74, 6) is -0.442. The fraction of sp³-hybridized carbons (Fsp3) is 0.367. The van der Waals surface area contributed by atoms with Gasteiger partial charge >= 0.3 is 5.97 Å². The molecule has 0 bridgehead atoms. The number of benzene rings is 2. The Morgan fingerprint density at radius 1 is 0.897 bits per heavy atom. The van der Waals surface area contributed by atoms with Gasteiger partial charge in [-0.1, -0.05) is 54.7 Å². The first kappa shape index (κ1) is 30.2. The Bertz CT molecular complexity index is 1310. The number of hydrogen-bond acceptors (Lipinski definition) is 8. The zero-order valence-corrected chi connectivity index (χ0v) is 25.1. The van der Waals surface area contributed by atoms with Crippen LogP contribution in [-0.2, 0) is 14.3 Å². The molecule has 39 heavy (non-hydrogen) atoms. The van der Waals surface area contributed by atoms with Gasteiger partial charge in [0.25, 0.3) is 5.91 Å². The van der Waals surface area contributed by atoms with Crippen molar-refractivity contribution in [2.75, 3.05) is 43.1 Å². The molecule has 2 heterocycles. The van der Waals surface area contributed by atoms with E-state index >= 15 is 0 Å². The Morgan fingerprint density at radius 2 is 1.44 bits per heavy atom. The molecule has 0 radical (unpaired) electrons. The smallest absolute Gasteiger partial charge is 0.351 e. The van der Waals surface area contributed by atoms with Crippen LogP contribution in [0.15, 0.2) is 79.5 Å². The predicted molar refractivity (Wildman–Crippen MR) is 161 cm³/mol. The summed E-state index contributed by atoms with van der Waals surface area (Å²) >= 11 is 3.14. The second kappa shape index (κ2) is 14.2. The molecule has 0 atom stereocenters. The van der Waals surface area contributed by atoms with Crippen LogP contribution in [0.4, 0.5) is 11.4 Å². The SMILES string of the molecule is CCCN1/C(=C(\C)C(=O)N(CC)CC)Sc2ccccc21.CCN1/C(=C(/C#N)C(=O)OC)Sc2ccccc21. The maximum atomic E-state index is 12.6. The summed E-state index contributed by atoms with van der Waals surface area (Å²) in [5, 5.41) is 10.9. The zero-order chi connectivity index (χ0) is 28.5. The largest absolute Gasteiger partial charge is 0.465 e. The molecule has 0 fully saturated rings. The van der Waals surface area contributed by atoms with Crippen molar-refractivity contribution in [1.82, 2.24) is 4.90 Å². The number of hydrogen-bond donors (Lipinski definition) is 0. The Hall–Kier alpha value is -3.35. The van der Waals surface area contributed by atoms with Crippen LogP contribution in [0.1, 0.15) is 41.0 Å². The topological polar surface area (TPSA) is 76.9 Å². The number of rotatable bonds is 7. The number of ether oxygens (including phenoxy) is 1. The first-order chi connectivity index (χ1) is 18.9. The lowest BCUT2D eigenvalue weighted by Crippen LogP contribution is -2.33. The molecule has 2 aromatic carbocycles. The highest BCUT2D eigenvalue weighted by Crippen LogP contribution is 2.48. The molecule has 0 unspecified atom stereocenters. The van der Waals surface area contributed by atoms with Gasteiger partial charge in [-0.2, -0.15) is 5.26 Å². The second-order valence-electron chi connectivity index (χ2n) is 8.73. The van der Waals surface area contributed by atoms with Gasteiger partial charge in [0, 0.05) is 41.5 Å². The Morgan fingerprint density at radius 3 is 1.92 bits per heavy atom. The number of amides is 1. The van der Waals surface area contributed by atoms with Crippen LogP contribution in [0, 0.1) is 11.3 Å². The Labute approximate surface area is 240 Å². The van der Waals surface area contributed by atoms with Crippen molar-refractivity contribution in [2.24, 2.45) is 0 Å². The number of esters is 1. The molecule has 9 heteroatoms. The highest BCUT2D eigenvalue weighted by Gasteiger charge is 2.30. The number of nitrogens with zero attached hydrogens (tertiary/aromatic N) is 4. The summed E-state index contributed by atoms with van der Waals surface area (Å²) < 4.78 is 4.65. The Kier molecular flexibility index (Phi) is 11.0. The second-order valence-corrected chi connectivity index (χ2v) is 10.8. The number of para-hydroxylation sites is 2. The number of anilines is 2. The van der Waals surface area contributed by atoms with E-state index < -0.39 is 5.97 Å². The van der Waals surface area contributed by atoms with Crippen molar-refractivity contribution < 1.29 is 14.3 Å². The lowest BCUT2D eigenvalue weighted by molar-refractivity contribution is -0.135. The van der Waals surface area contributed by atoms with E-state index in [2.05, 4.69) is 40.8 Å². The zero-order valence-electron chi connectivity index (χ0n) is 23.5. The van der Waals surface area contributed by atoms with Gasteiger partial charge in [-0.15, -0.1) is 0 Å². The highest BCUT2D eigenvalue weighted by atomic mass is 32.2. The number of carbonyl (C=O) groups is 2. The molecule has 0 saturated carbocycles. The summed E-state index contributed by atoms with van der Waals surface area (Å²) in [7, 11) is 1.28. The predicted octanol–water partition coefficient (Wildman–Crippen LogP) is 6.64. The molecule has 0 N–H and O–H groups in total. The highest BCUT2D eigenvalue weighted by molar-refractivity contribution is 8.04. The summed E-state index contributed by atoms with van der Waals surface area (Å²) in [6.07, 6.45) is 1.06. The van der Waals surface area contributed by atoms with Gasteiger partial charge in [0.05, 0.1) is 23.5 Å². The maximum Gasteiger partial charge on any atom is 0.351 e. The van der Waals surface area contributed by atoms with E-state index in [1.807, 2.05) is 67.8 Å². The molecule has 2 aromatic rings. The van der Waals surface area contributed by atoms with Gasteiger partial charge in [-0.25, -0.2) is 4.79 Å². The third-order valence-electron chi connectivity index (χ3n) is 6.39. The Balaban J connectivity index is 0.000000218. The van der Waals surface area contributed by atoms with E-state index in [0.29, 0.717) is 11.6 Å². The summed E-state index contributed by atoms with van der Waals surface area (Å²) in [6, 6.07) is 18.2. The minimum absolute atomic E-state index is 0.0561. The average Bonchev–Trinajstić information content (AvgIpc) is 3.52. The molecule has 0 aromatic heterocycles. The molecule has 4 rings (SSSR count). The number of fused-ring (bicyclic) bond motifs is 2.